The van der Waals surface area contributed by atoms with Crippen molar-refractivity contribution < 1.29 is 0 Å². The lowest BCUT2D eigenvalue weighted by Crippen LogP contribution is -2.01. The molecule has 0 N–H and O–H groups in total. The van der Waals surface area contributed by atoms with Gasteiger partial charge in [-0.3, -0.25) is 9.97 Å². The second-order valence-electron chi connectivity index (χ2n) is 37.6. The van der Waals surface area contributed by atoms with E-state index in [1.54, 1.807) is 0 Å². The first kappa shape index (κ1) is 77.9. The van der Waals surface area contributed by atoms with Gasteiger partial charge in [0, 0.05) is 142 Å². The van der Waals surface area contributed by atoms with E-state index in [0.717, 1.165) is 123 Å². The van der Waals surface area contributed by atoms with Crippen molar-refractivity contribution in [1.82, 2.24) is 55.6 Å². The van der Waals surface area contributed by atoms with E-state index in [4.69, 9.17) is 9.97 Å². The van der Waals surface area contributed by atoms with Gasteiger partial charge in [0.2, 0.25) is 0 Å². The van der Waals surface area contributed by atoms with Gasteiger partial charge in [-0.2, -0.15) is 0 Å². The van der Waals surface area contributed by atoms with Gasteiger partial charge in [0.15, 0.2) is 0 Å². The van der Waals surface area contributed by atoms with Gasteiger partial charge in [0.1, 0.15) is 0 Å². The summed E-state index contributed by atoms with van der Waals surface area (Å²) < 4.78 is 24.1. The second-order valence-corrected chi connectivity index (χ2v) is 37.6. The van der Waals surface area contributed by atoms with E-state index in [2.05, 4.69) is 507 Å². The molecule has 32 rings (SSSR count). The minimum atomic E-state index is 0.973. The summed E-state index contributed by atoms with van der Waals surface area (Å²) in [5.41, 5.74) is 33.9. The Morgan fingerprint density at radius 1 is 0.0915 bits per heavy atom. The van der Waals surface area contributed by atoms with Gasteiger partial charge in [0.25, 0.3) is 0 Å². The third-order valence-electron chi connectivity index (χ3n) is 30.3. The van der Waals surface area contributed by atoms with Crippen molar-refractivity contribution >= 4 is 218 Å². The van der Waals surface area contributed by atoms with Gasteiger partial charge in [-0.15, -0.1) is 0 Å². The highest BCUT2D eigenvalue weighted by Crippen LogP contribution is 2.47. The van der Waals surface area contributed by atoms with Gasteiger partial charge >= 0.3 is 0 Å². The van der Waals surface area contributed by atoms with Crippen LogP contribution in [-0.4, -0.2) is 55.6 Å². The maximum Gasteiger partial charge on any atom is 0.0666 e. The van der Waals surface area contributed by atoms with E-state index in [0.29, 0.717) is 0 Å². The third-order valence-corrected chi connectivity index (χ3v) is 30.3. The van der Waals surface area contributed by atoms with Crippen LogP contribution in [0, 0.1) is 0 Å². The number of aromatic nitrogens is 12. The molecule has 0 amide bonds. The number of pyridine rings is 2. The molecule has 12 heteroatoms. The van der Waals surface area contributed by atoms with Crippen molar-refractivity contribution in [3.63, 3.8) is 0 Å². The Morgan fingerprint density at radius 3 is 0.324 bits per heavy atom. The summed E-state index contributed by atoms with van der Waals surface area (Å²) in [4.78, 5) is 10.1. The molecule has 0 aliphatic carbocycles. The van der Waals surface area contributed by atoms with Crippen molar-refractivity contribution in [3.8, 4) is 56.9 Å². The summed E-state index contributed by atoms with van der Waals surface area (Å²) in [5.74, 6) is 0. The Kier molecular flexibility index (Phi) is 16.5. The van der Waals surface area contributed by atoms with Crippen LogP contribution in [0.1, 0.15) is 0 Å². The van der Waals surface area contributed by atoms with E-state index in [1.807, 2.05) is 24.8 Å². The number of para-hydroxylation sites is 14. The predicted octanol–water partition coefficient (Wildman–Crippen LogP) is 33.1. The van der Waals surface area contributed by atoms with Crippen LogP contribution in [0.4, 0.5) is 0 Å². The molecule has 660 valence electrons. The summed E-state index contributed by atoms with van der Waals surface area (Å²) in [6.45, 7) is 0. The molecule has 12 nitrogen and oxygen atoms in total. The lowest BCUT2D eigenvalue weighted by molar-refractivity contribution is 1.09. The summed E-state index contributed by atoms with van der Waals surface area (Å²) in [6, 6.07) is 169. The number of nitrogens with zero attached hydrogens (tertiary/aromatic N) is 12. The SMILES string of the molecule is c1ccc2c(c1)c1ccccc1n2-c1ccc2c(c1)c1cc(-n3c4ccccc4c4ccccc43)ccc1n2-c1cncc(-n2c3ccc(-n4c5ccccc5c5ccccc54)cc3c3cc(-n4c5ccccc5c5ccccc54)ccc32)c1.c1ccc2c(c1)c1ccccc1n2-c1cncc(-n2c3ccc(-n4c5ccccc5c5ccccc54)cc3c3cc(-n4c5ccccc5c5ccccc54)ccc32)c1. The molecule has 0 aliphatic heterocycles. The summed E-state index contributed by atoms with van der Waals surface area (Å²) in [7, 11) is 0. The van der Waals surface area contributed by atoms with Crippen LogP contribution >= 0.6 is 0 Å². The molecule has 0 atom stereocenters. The first-order chi connectivity index (χ1) is 70.5. The van der Waals surface area contributed by atoms with Crippen molar-refractivity contribution in [2.24, 2.45) is 0 Å². The lowest BCUT2D eigenvalue weighted by atomic mass is 10.1. The molecule has 0 fully saturated rings. The quantitative estimate of drug-likeness (QED) is 0.137. The molecule has 0 spiro atoms. The third kappa shape index (κ3) is 11.2. The summed E-state index contributed by atoms with van der Waals surface area (Å²) in [5, 5.41) is 24.4. The maximum atomic E-state index is 5.17. The fraction of sp³-hybridized carbons (Fsp3) is 0. The molecule has 20 aromatic carbocycles. The second kappa shape index (κ2) is 30.1. The Balaban J connectivity index is 0.000000139. The fourth-order valence-corrected chi connectivity index (χ4v) is 24.4. The molecule has 32 aromatic rings. The molecule has 0 bridgehead atoms. The Morgan fingerprint density at radius 2 is 0.197 bits per heavy atom. The number of benzene rings is 20. The molecule has 0 unspecified atom stereocenters. The molecule has 0 saturated heterocycles. The van der Waals surface area contributed by atoms with Gasteiger partial charge in [0.05, 0.1) is 158 Å². The van der Waals surface area contributed by atoms with Gasteiger partial charge < -0.3 is 45.7 Å². The molecule has 12 heterocycles. The Labute approximate surface area is 810 Å². The van der Waals surface area contributed by atoms with E-state index < -0.39 is 0 Å². The average molecular weight is 1810 g/mol. The van der Waals surface area contributed by atoms with E-state index in [9.17, 15) is 0 Å². The number of rotatable bonds is 10. The predicted molar refractivity (Wildman–Crippen MR) is 592 cm³/mol. The van der Waals surface area contributed by atoms with E-state index >= 15 is 0 Å². The number of hydrogen-bond acceptors (Lipinski definition) is 2. The van der Waals surface area contributed by atoms with Crippen LogP contribution < -0.4 is 0 Å². The van der Waals surface area contributed by atoms with Crippen LogP contribution in [0.15, 0.2) is 486 Å². The highest BCUT2D eigenvalue weighted by Gasteiger charge is 2.27. The zero-order chi connectivity index (χ0) is 92.6. The fourth-order valence-electron chi connectivity index (χ4n) is 24.4. The average Bonchev–Trinajstić information content (AvgIpc) is 1.55. The topological polar surface area (TPSA) is 75.1 Å². The number of hydrogen-bond donors (Lipinski definition) is 0. The van der Waals surface area contributed by atoms with Crippen LogP contribution in [0.2, 0.25) is 0 Å². The highest BCUT2D eigenvalue weighted by molar-refractivity contribution is 6.20. The normalized spacial score (nSPS) is 12.2. The minimum absolute atomic E-state index is 0.973. The lowest BCUT2D eigenvalue weighted by Gasteiger charge is -2.14. The number of fused-ring (bicyclic) bond motifs is 30. The molecule has 0 saturated carbocycles. The summed E-state index contributed by atoms with van der Waals surface area (Å²) >= 11 is 0. The Hall–Kier alpha value is -19.3. The summed E-state index contributed by atoms with van der Waals surface area (Å²) in [6.07, 6.45) is 8.03. The molecular weight excluding hydrogens is 1730 g/mol. The molecule has 142 heavy (non-hydrogen) atoms. The molecule has 0 aliphatic rings. The van der Waals surface area contributed by atoms with Gasteiger partial charge in [-0.05, 0) is 206 Å². The van der Waals surface area contributed by atoms with Crippen LogP contribution in [0.3, 0.4) is 0 Å². The first-order valence-electron chi connectivity index (χ1n) is 48.6. The van der Waals surface area contributed by atoms with E-state index in [1.165, 1.54) is 152 Å². The van der Waals surface area contributed by atoms with Crippen molar-refractivity contribution in [2.45, 2.75) is 0 Å². The standard InChI is InChI=1S/C77H47N7.C53H33N5/c1-9-25-66-54(17-1)55-18-2-10-26-67(55)79(66)48-33-37-74-62(42-48)63-43-49(80-68-27-11-3-19-56(68)57-20-4-12-28-69(57)80)34-38-75(63)83(74)52-41-53(47-78-46-52)84-76-39-35-50(81-70-29-13-5-21-58(70)59-22-6-14-30-71(59)81)44-64(76)65-45-51(36-40-77(65)84)82-72-31-15-7-23-60(72)61-24-8-16-32-73(61)82;1-7-19-46-38(13-1)39-14-2-8-20-47(39)55(46)34-25-27-52-44(30-34)45-31-35(56-48-21-9-3-15-40(48)41-16-4-10-22-49(41)56)26-28-53(45)58(52)37-29-36(32-54-33-37)57-50-23-11-5-17-42(50)43-18-6-12-24-51(43)57/h1-47H;1-33H. The highest BCUT2D eigenvalue weighted by atomic mass is 15.1. The minimum Gasteiger partial charge on any atom is -0.309 e. The molecule has 12 aromatic heterocycles. The smallest absolute Gasteiger partial charge is 0.0666 e. The molecule has 0 radical (unpaired) electrons. The van der Waals surface area contributed by atoms with Crippen LogP contribution in [-0.2, 0) is 0 Å². The van der Waals surface area contributed by atoms with Crippen molar-refractivity contribution in [1.29, 1.82) is 0 Å². The van der Waals surface area contributed by atoms with Crippen molar-refractivity contribution in [2.75, 3.05) is 0 Å². The Bertz CT molecular complexity index is 9780. The van der Waals surface area contributed by atoms with E-state index in [-0.39, 0.29) is 0 Å². The van der Waals surface area contributed by atoms with Crippen molar-refractivity contribution in [3.05, 3.63) is 486 Å². The largest absolute Gasteiger partial charge is 0.309 e. The van der Waals surface area contributed by atoms with Crippen LogP contribution in [0.5, 0.6) is 0 Å². The zero-order valence-corrected chi connectivity index (χ0v) is 76.6. The van der Waals surface area contributed by atoms with Gasteiger partial charge in [-0.1, -0.05) is 255 Å². The molecular formula is C130H80N12. The van der Waals surface area contributed by atoms with Gasteiger partial charge in [-0.25, -0.2) is 0 Å². The monoisotopic (exact) mass is 1810 g/mol. The maximum absolute atomic E-state index is 5.17. The first-order valence-corrected chi connectivity index (χ1v) is 48.6. The van der Waals surface area contributed by atoms with Crippen LogP contribution in [0.25, 0.3) is 275 Å². The zero-order valence-electron chi connectivity index (χ0n) is 76.6.